The Labute approximate surface area is 151 Å². The number of aliphatic carboxylic acids is 2. The van der Waals surface area contributed by atoms with Gasteiger partial charge in [0.25, 0.3) is 0 Å². The smallest absolute Gasteiger partial charge is 0.328 e. The van der Waals surface area contributed by atoms with Crippen LogP contribution in [0.15, 0.2) is 42.6 Å². The van der Waals surface area contributed by atoms with Crippen LogP contribution in [-0.4, -0.2) is 40.4 Å². The molecule has 4 N–H and O–H groups in total. The minimum absolute atomic E-state index is 0.558. The lowest BCUT2D eigenvalue weighted by Gasteiger charge is -2.21. The largest absolute Gasteiger partial charge is 0.496 e. The number of carboxylic acid groups (broad SMARTS) is 2. The van der Waals surface area contributed by atoms with E-state index in [1.165, 1.54) is 22.4 Å². The van der Waals surface area contributed by atoms with Crippen molar-refractivity contribution in [1.82, 2.24) is 4.57 Å². The molecule has 0 spiro atoms. The number of nitrogens with two attached hydrogens (primary N) is 1. The summed E-state index contributed by atoms with van der Waals surface area (Å²) in [5.74, 6) is -1.55. The molecule has 0 bridgehead atoms. The molecule has 3 rings (SSSR count). The number of ether oxygens (including phenoxy) is 1. The molecule has 7 heteroatoms. The number of benzene rings is 1. The number of methoxy groups -OCH3 is 1. The van der Waals surface area contributed by atoms with Crippen LogP contribution in [0.3, 0.4) is 0 Å². The van der Waals surface area contributed by atoms with E-state index in [-0.39, 0.29) is 0 Å². The van der Waals surface area contributed by atoms with Crippen LogP contribution in [0.1, 0.15) is 11.1 Å². The Morgan fingerprint density at radius 1 is 1.15 bits per heavy atom. The normalized spacial score (nSPS) is 11.9. The first-order chi connectivity index (χ1) is 12.5. The van der Waals surface area contributed by atoms with Crippen LogP contribution in [0.25, 0.3) is 11.3 Å². The van der Waals surface area contributed by atoms with Crippen molar-refractivity contribution in [1.29, 1.82) is 0 Å². The SMILES string of the molecule is COc1cccc2c1-c1c(ccn1CCN)CC2.O=C(O)C=CC(=O)O. The third-order valence-corrected chi connectivity index (χ3v) is 4.02. The van der Waals surface area contributed by atoms with E-state index in [2.05, 4.69) is 29.0 Å². The van der Waals surface area contributed by atoms with E-state index in [1.807, 2.05) is 6.07 Å². The van der Waals surface area contributed by atoms with Gasteiger partial charge in [0, 0.05) is 37.0 Å². The van der Waals surface area contributed by atoms with Gasteiger partial charge in [0.05, 0.1) is 12.8 Å². The van der Waals surface area contributed by atoms with Crippen molar-refractivity contribution in [3.63, 3.8) is 0 Å². The minimum Gasteiger partial charge on any atom is -0.496 e. The van der Waals surface area contributed by atoms with Crippen LogP contribution in [0.2, 0.25) is 0 Å². The van der Waals surface area contributed by atoms with Crippen molar-refractivity contribution in [3.8, 4) is 17.0 Å². The predicted molar refractivity (Wildman–Crippen MR) is 97.3 cm³/mol. The van der Waals surface area contributed by atoms with Gasteiger partial charge in [0.2, 0.25) is 0 Å². The molecule has 0 fully saturated rings. The minimum atomic E-state index is -1.26. The van der Waals surface area contributed by atoms with Crippen LogP contribution >= 0.6 is 0 Å². The van der Waals surface area contributed by atoms with Crippen LogP contribution < -0.4 is 10.5 Å². The highest BCUT2D eigenvalue weighted by Gasteiger charge is 2.22. The molecule has 138 valence electrons. The Hall–Kier alpha value is -3.06. The Kier molecular flexibility index (Phi) is 6.57. The van der Waals surface area contributed by atoms with E-state index >= 15 is 0 Å². The first-order valence-electron chi connectivity index (χ1n) is 8.16. The van der Waals surface area contributed by atoms with Gasteiger partial charge in [-0.25, -0.2) is 9.59 Å². The molecule has 0 radical (unpaired) electrons. The summed E-state index contributed by atoms with van der Waals surface area (Å²) in [5.41, 5.74) is 11.0. The third kappa shape index (κ3) is 4.52. The number of fused-ring (bicyclic) bond motifs is 3. The summed E-state index contributed by atoms with van der Waals surface area (Å²) in [5, 5.41) is 15.6. The average Bonchev–Trinajstić information content (AvgIpc) is 3.03. The quantitative estimate of drug-likeness (QED) is 0.704. The number of aryl methyl sites for hydroxylation is 2. The van der Waals surface area contributed by atoms with Crippen molar-refractivity contribution in [2.24, 2.45) is 5.73 Å². The van der Waals surface area contributed by atoms with Gasteiger partial charge < -0.3 is 25.3 Å². The second-order valence-electron chi connectivity index (χ2n) is 5.68. The van der Waals surface area contributed by atoms with E-state index in [0.29, 0.717) is 18.7 Å². The van der Waals surface area contributed by atoms with Gasteiger partial charge in [-0.3, -0.25) is 0 Å². The topological polar surface area (TPSA) is 115 Å². The third-order valence-electron chi connectivity index (χ3n) is 4.02. The van der Waals surface area contributed by atoms with Crippen molar-refractivity contribution < 1.29 is 24.5 Å². The Balaban J connectivity index is 0.000000260. The first-order valence-corrected chi connectivity index (χ1v) is 8.16. The molecule has 0 saturated heterocycles. The number of carbonyl (C=O) groups is 2. The molecule has 0 saturated carbocycles. The molecule has 1 aromatic heterocycles. The van der Waals surface area contributed by atoms with Gasteiger partial charge in [0.1, 0.15) is 5.75 Å². The maximum Gasteiger partial charge on any atom is 0.328 e. The zero-order valence-corrected chi connectivity index (χ0v) is 14.5. The molecule has 1 aromatic carbocycles. The predicted octanol–water partition coefficient (Wildman–Crippen LogP) is 1.93. The maximum absolute atomic E-state index is 9.55. The maximum atomic E-state index is 9.55. The monoisotopic (exact) mass is 358 g/mol. The molecule has 2 aromatic rings. The molecular weight excluding hydrogens is 336 g/mol. The Morgan fingerprint density at radius 2 is 1.81 bits per heavy atom. The van der Waals surface area contributed by atoms with E-state index in [0.717, 1.165) is 25.1 Å². The van der Waals surface area contributed by atoms with E-state index in [4.69, 9.17) is 20.7 Å². The molecule has 0 unspecified atom stereocenters. The standard InChI is InChI=1S/C15H18N2O.C4H4O4/c1-18-13-4-2-3-11-5-6-12-7-9-17(10-8-16)15(12)14(11)13;5-3(6)1-2-4(7)8/h2-4,7,9H,5-6,8,10,16H2,1H3;1-2H,(H,5,6)(H,7,8). The van der Waals surface area contributed by atoms with Gasteiger partial charge in [-0.05, 0) is 36.1 Å². The first kappa shape index (κ1) is 19.3. The number of carboxylic acids is 2. The summed E-state index contributed by atoms with van der Waals surface area (Å²) in [6.45, 7) is 1.51. The van der Waals surface area contributed by atoms with Gasteiger partial charge in [-0.2, -0.15) is 0 Å². The molecule has 26 heavy (non-hydrogen) atoms. The molecule has 1 aliphatic rings. The van der Waals surface area contributed by atoms with Crippen molar-refractivity contribution in [3.05, 3.63) is 53.7 Å². The van der Waals surface area contributed by atoms with Gasteiger partial charge in [0.15, 0.2) is 0 Å². The average molecular weight is 358 g/mol. The summed E-state index contributed by atoms with van der Waals surface area (Å²) < 4.78 is 7.77. The van der Waals surface area contributed by atoms with Crippen LogP contribution in [0.5, 0.6) is 5.75 Å². The fraction of sp³-hybridized carbons (Fsp3) is 0.263. The Morgan fingerprint density at radius 3 is 2.38 bits per heavy atom. The van der Waals surface area contributed by atoms with Crippen molar-refractivity contribution >= 4 is 11.9 Å². The molecule has 1 heterocycles. The molecule has 0 aliphatic heterocycles. The molecule has 7 nitrogen and oxygen atoms in total. The fourth-order valence-electron chi connectivity index (χ4n) is 2.98. The van der Waals surface area contributed by atoms with Crippen LogP contribution in [-0.2, 0) is 29.0 Å². The lowest BCUT2D eigenvalue weighted by atomic mass is 9.89. The zero-order chi connectivity index (χ0) is 19.1. The highest BCUT2D eigenvalue weighted by molar-refractivity contribution is 5.89. The fourth-order valence-corrected chi connectivity index (χ4v) is 2.98. The number of hydrogen-bond acceptors (Lipinski definition) is 4. The number of nitrogens with zero attached hydrogens (tertiary/aromatic N) is 1. The summed E-state index contributed by atoms with van der Waals surface area (Å²) in [6.07, 6.45) is 5.45. The number of aromatic nitrogens is 1. The second kappa shape index (κ2) is 8.87. The molecule has 0 amide bonds. The molecular formula is C19H22N2O5. The number of rotatable bonds is 5. The zero-order valence-electron chi connectivity index (χ0n) is 14.5. The lowest BCUT2D eigenvalue weighted by molar-refractivity contribution is -0.134. The van der Waals surface area contributed by atoms with E-state index in [9.17, 15) is 9.59 Å². The van der Waals surface area contributed by atoms with E-state index in [1.54, 1.807) is 7.11 Å². The Bertz CT molecular complexity index is 793. The van der Waals surface area contributed by atoms with Crippen LogP contribution in [0, 0.1) is 0 Å². The molecule has 1 aliphatic carbocycles. The van der Waals surface area contributed by atoms with Crippen LogP contribution in [0.4, 0.5) is 0 Å². The van der Waals surface area contributed by atoms with Crippen molar-refractivity contribution in [2.75, 3.05) is 13.7 Å². The highest BCUT2D eigenvalue weighted by atomic mass is 16.5. The summed E-state index contributed by atoms with van der Waals surface area (Å²) >= 11 is 0. The summed E-state index contributed by atoms with van der Waals surface area (Å²) in [4.78, 5) is 19.1. The summed E-state index contributed by atoms with van der Waals surface area (Å²) in [7, 11) is 1.74. The summed E-state index contributed by atoms with van der Waals surface area (Å²) in [6, 6.07) is 8.51. The van der Waals surface area contributed by atoms with E-state index < -0.39 is 11.9 Å². The highest BCUT2D eigenvalue weighted by Crippen LogP contribution is 2.40. The van der Waals surface area contributed by atoms with Crippen molar-refractivity contribution in [2.45, 2.75) is 19.4 Å². The van der Waals surface area contributed by atoms with Gasteiger partial charge in [-0.15, -0.1) is 0 Å². The number of hydrogen-bond donors (Lipinski definition) is 3. The van der Waals surface area contributed by atoms with Gasteiger partial charge in [-0.1, -0.05) is 12.1 Å². The lowest BCUT2D eigenvalue weighted by Crippen LogP contribution is -2.13. The second-order valence-corrected chi connectivity index (χ2v) is 5.68. The molecule has 0 atom stereocenters. The van der Waals surface area contributed by atoms with Gasteiger partial charge >= 0.3 is 11.9 Å².